The highest BCUT2D eigenvalue weighted by atomic mass is 16.5. The number of pyridine rings is 1. The van der Waals surface area contributed by atoms with Crippen LogP contribution in [0.1, 0.15) is 33.2 Å². The zero-order chi connectivity index (χ0) is 50.6. The van der Waals surface area contributed by atoms with Gasteiger partial charge < -0.3 is 14.5 Å². The first-order valence-electron chi connectivity index (χ1n) is 25.9. The van der Waals surface area contributed by atoms with Gasteiger partial charge in [-0.1, -0.05) is 166 Å². The van der Waals surface area contributed by atoms with E-state index in [1.54, 1.807) is 0 Å². The van der Waals surface area contributed by atoms with Crippen molar-refractivity contribution in [1.82, 2.24) is 9.55 Å². The number of benzene rings is 9. The smallest absolute Gasteiger partial charge is 0.138 e. The van der Waals surface area contributed by atoms with Crippen molar-refractivity contribution in [2.24, 2.45) is 0 Å². The average molecular weight is 894 g/mol. The van der Waals surface area contributed by atoms with Gasteiger partial charge in [-0.25, -0.2) is 4.98 Å². The van der Waals surface area contributed by atoms with E-state index in [0.29, 0.717) is 29.5 Å². The van der Waals surface area contributed by atoms with Crippen LogP contribution in [-0.4, -0.2) is 16.2 Å². The van der Waals surface area contributed by atoms with E-state index in [4.69, 9.17) is 16.6 Å². The van der Waals surface area contributed by atoms with Crippen molar-refractivity contribution >= 4 is 44.6 Å². The van der Waals surface area contributed by atoms with Gasteiger partial charge in [-0.15, -0.1) is 0 Å². The van der Waals surface area contributed by atoms with Gasteiger partial charge in [-0.05, 0) is 111 Å². The summed E-state index contributed by atoms with van der Waals surface area (Å²) in [6.45, 7) is 7.34. The van der Waals surface area contributed by atoms with Crippen molar-refractivity contribution in [3.8, 4) is 73.1 Å². The van der Waals surface area contributed by atoms with Crippen LogP contribution in [0.5, 0.6) is 11.5 Å². The Morgan fingerprint density at radius 3 is 2.03 bits per heavy atom. The Hall–Kier alpha value is -8.67. The number of anilines is 4. The van der Waals surface area contributed by atoms with Crippen molar-refractivity contribution in [2.75, 3.05) is 16.5 Å². The van der Waals surface area contributed by atoms with E-state index < -0.39 is 6.04 Å². The van der Waals surface area contributed by atoms with Gasteiger partial charge in [0.2, 0.25) is 0 Å². The molecule has 0 saturated heterocycles. The maximum Gasteiger partial charge on any atom is 0.138 e. The Morgan fingerprint density at radius 1 is 0.478 bits per heavy atom. The molecule has 2 aliphatic heterocycles. The molecule has 330 valence electrons. The van der Waals surface area contributed by atoms with Crippen LogP contribution in [0, 0.1) is 0 Å². The Morgan fingerprint density at radius 2 is 1.17 bits per heavy atom. The van der Waals surface area contributed by atoms with Gasteiger partial charge in [0.1, 0.15) is 24.0 Å². The van der Waals surface area contributed by atoms with E-state index >= 15 is 0 Å². The number of ether oxygens (including phenoxy) is 1. The van der Waals surface area contributed by atoms with E-state index in [9.17, 15) is 0 Å². The summed E-state index contributed by atoms with van der Waals surface area (Å²) in [6.07, 6.45) is 0. The maximum atomic E-state index is 8.81. The molecule has 2 aromatic heterocycles. The lowest BCUT2D eigenvalue weighted by molar-refractivity contribution is 0.483. The van der Waals surface area contributed by atoms with E-state index in [1.165, 1.54) is 5.56 Å². The Bertz CT molecular complexity index is 4090. The van der Waals surface area contributed by atoms with Crippen LogP contribution in [-0.2, 0) is 5.41 Å². The predicted octanol–water partition coefficient (Wildman–Crippen LogP) is 17.2. The zero-order valence-electron chi connectivity index (χ0n) is 43.4. The van der Waals surface area contributed by atoms with Crippen molar-refractivity contribution in [1.29, 1.82) is 0 Å². The molecule has 9 aromatic carbocycles. The molecule has 4 heterocycles. The molecule has 2 aliphatic rings. The monoisotopic (exact) mass is 893 g/mol. The summed E-state index contributed by atoms with van der Waals surface area (Å²) in [4.78, 5) is 10.2. The van der Waals surface area contributed by atoms with Crippen molar-refractivity contribution in [3.63, 3.8) is 0 Å². The average Bonchev–Trinajstić information content (AvgIpc) is 3.97. The molecule has 0 fully saturated rings. The summed E-state index contributed by atoms with van der Waals surface area (Å²) in [5.74, 6) is 1.97. The number of rotatable bonds is 2. The second-order valence-electron chi connectivity index (χ2n) is 18.9. The number of aromatic nitrogens is 2. The Balaban J connectivity index is 1.06. The molecule has 0 saturated carbocycles. The van der Waals surface area contributed by atoms with Crippen molar-refractivity contribution in [3.05, 3.63) is 230 Å². The second kappa shape index (κ2) is 16.0. The minimum absolute atomic E-state index is 0.0445. The minimum atomic E-state index is -0.423. The number of hydrogen-bond donors (Lipinski definition) is 0. The topological polar surface area (TPSA) is 33.5 Å². The van der Waals surface area contributed by atoms with Crippen LogP contribution in [0.2, 0.25) is 0 Å². The van der Waals surface area contributed by atoms with Crippen LogP contribution in [0.15, 0.2) is 224 Å². The first kappa shape index (κ1) is 35.5. The third kappa shape index (κ3) is 6.96. The molecule has 5 heteroatoms. The fourth-order valence-corrected chi connectivity index (χ4v) is 10.3. The summed E-state index contributed by atoms with van der Waals surface area (Å²) in [6, 6.07) is 66.1. The zero-order valence-corrected chi connectivity index (χ0v) is 38.4. The normalized spacial score (nSPS) is 13.9. The van der Waals surface area contributed by atoms with Gasteiger partial charge in [-0.3, -0.25) is 4.57 Å². The van der Waals surface area contributed by atoms with Crippen LogP contribution in [0.3, 0.4) is 0 Å². The molecule has 69 heavy (non-hydrogen) atoms. The highest BCUT2D eigenvalue weighted by Crippen LogP contribution is 2.52. The summed E-state index contributed by atoms with van der Waals surface area (Å²) in [7, 11) is 0. The van der Waals surface area contributed by atoms with E-state index in [-0.39, 0.29) is 35.1 Å². The first-order chi connectivity index (χ1) is 35.9. The lowest BCUT2D eigenvalue weighted by Crippen LogP contribution is -2.25. The summed E-state index contributed by atoms with van der Waals surface area (Å²) >= 11 is 0. The van der Waals surface area contributed by atoms with Gasteiger partial charge >= 0.3 is 0 Å². The fourth-order valence-electron chi connectivity index (χ4n) is 10.3. The number of nitrogens with zero attached hydrogens (tertiary/aromatic N) is 4. The van der Waals surface area contributed by atoms with Crippen molar-refractivity contribution in [2.45, 2.75) is 26.2 Å². The largest absolute Gasteiger partial charge is 0.457 e. The summed E-state index contributed by atoms with van der Waals surface area (Å²) in [5, 5.41) is 1.72. The quantitative estimate of drug-likeness (QED) is 0.173. The molecular formula is C64H48N4O. The molecule has 5 nitrogen and oxygen atoms in total. The molecule has 0 aliphatic carbocycles. The van der Waals surface area contributed by atoms with Crippen LogP contribution >= 0.6 is 0 Å². The van der Waals surface area contributed by atoms with E-state index in [0.717, 1.165) is 89.2 Å². The molecule has 0 unspecified atom stereocenters. The van der Waals surface area contributed by atoms with Gasteiger partial charge in [-0.2, -0.15) is 0 Å². The molecule has 10 bridgehead atoms. The van der Waals surface area contributed by atoms with Crippen LogP contribution in [0.4, 0.5) is 22.7 Å². The standard InChI is InChI=1S/C64H48N4O/c1-64(2,3)47-21-12-19-45(37-47)52-26-14-27-55-53-25-8-7-24-51(53)44-18-11-20-46(36-44)57-28-15-31-62(65-57)68-58-35-32-43(42-16-5-4-6-17-42)38-56(58)54-34-33-50(40-61(54)68)69-49-23-13-22-48(39-49)66-41-67(63(52)55)60-30-10-9-29-59(60)66/h4-40H,41H2,1-3H3/i4D,5D,6D,16D,17D. The summed E-state index contributed by atoms with van der Waals surface area (Å²) in [5.41, 5.74) is 16.2. The minimum Gasteiger partial charge on any atom is -0.457 e. The SMILES string of the molecule is [2H]c1c([2H])c([2H])c(-c2ccc3c(c2)c2ccc4cc2n3-c2cccc(n2)-c2cccc(c2)-c2ccccc2-c2cccc(-c3cccc(C(C)(C)C)c3)c2N2CN(c3cccc(c3)O4)c3ccccc32)c([2H])c1[2H]. The van der Waals surface area contributed by atoms with Gasteiger partial charge in [0.05, 0.1) is 40.6 Å². The van der Waals surface area contributed by atoms with E-state index in [2.05, 4.69) is 163 Å². The number of hydrogen-bond acceptors (Lipinski definition) is 4. The van der Waals surface area contributed by atoms with Gasteiger partial charge in [0.25, 0.3) is 0 Å². The Kier molecular flexibility index (Phi) is 8.23. The highest BCUT2D eigenvalue weighted by molar-refractivity contribution is 6.11. The van der Waals surface area contributed by atoms with Crippen LogP contribution < -0.4 is 14.5 Å². The number of fused-ring (bicyclic) bond motifs is 23. The highest BCUT2D eigenvalue weighted by Gasteiger charge is 2.32. The Labute approximate surface area is 409 Å². The molecule has 0 amide bonds. The third-order valence-corrected chi connectivity index (χ3v) is 13.6. The molecule has 0 radical (unpaired) electrons. The second-order valence-corrected chi connectivity index (χ2v) is 18.9. The molecule has 0 spiro atoms. The van der Waals surface area contributed by atoms with Gasteiger partial charge in [0.15, 0.2) is 0 Å². The third-order valence-electron chi connectivity index (χ3n) is 13.6. The lowest BCUT2D eigenvalue weighted by atomic mass is 9.84. The predicted molar refractivity (Wildman–Crippen MR) is 287 cm³/mol. The lowest BCUT2D eigenvalue weighted by Gasteiger charge is -2.28. The van der Waals surface area contributed by atoms with Crippen molar-refractivity contribution < 1.29 is 11.6 Å². The first-order valence-corrected chi connectivity index (χ1v) is 23.4. The van der Waals surface area contributed by atoms with Gasteiger partial charge in [0, 0.05) is 45.3 Å². The molecule has 13 rings (SSSR count). The molecular weight excluding hydrogens is 841 g/mol. The van der Waals surface area contributed by atoms with E-state index in [1.807, 2.05) is 66.7 Å². The van der Waals surface area contributed by atoms with Crippen LogP contribution in [0.25, 0.3) is 83.4 Å². The maximum absolute atomic E-state index is 8.81. The molecule has 11 aromatic rings. The fraction of sp³-hybridized carbons (Fsp3) is 0.0781. The summed E-state index contributed by atoms with van der Waals surface area (Å²) < 4.78 is 51.7. The molecule has 0 N–H and O–H groups in total. The molecule has 0 atom stereocenters. The number of para-hydroxylation sites is 3.